The van der Waals surface area contributed by atoms with Gasteiger partial charge in [-0.1, -0.05) is 25.3 Å². The molecule has 0 spiro atoms. The van der Waals surface area contributed by atoms with Gasteiger partial charge in [-0.05, 0) is 62.4 Å². The third-order valence-electron chi connectivity index (χ3n) is 6.87. The van der Waals surface area contributed by atoms with Gasteiger partial charge in [-0.15, -0.1) is 0 Å². The lowest BCUT2D eigenvalue weighted by Gasteiger charge is -2.32. The van der Waals surface area contributed by atoms with E-state index in [9.17, 15) is 5.11 Å². The molecule has 2 aromatic rings. The number of aliphatic hydroxyl groups excluding tert-OH is 1. The van der Waals surface area contributed by atoms with E-state index < -0.39 is 6.10 Å². The molecule has 1 heterocycles. The number of nitrogens with zero attached hydrogens (tertiary/aromatic N) is 2. The number of aromatic nitrogens is 2. The van der Waals surface area contributed by atoms with Crippen LogP contribution in [-0.2, 0) is 25.9 Å². The minimum Gasteiger partial charge on any atom is -0.493 e. The summed E-state index contributed by atoms with van der Waals surface area (Å²) in [5.41, 5.74) is 4.96. The molecule has 2 aliphatic carbocycles. The lowest BCUT2D eigenvalue weighted by molar-refractivity contribution is 0.0553. The summed E-state index contributed by atoms with van der Waals surface area (Å²) in [5, 5.41) is 21.6. The molecule has 7 heteroatoms. The Hall–Kier alpha value is -2.09. The Labute approximate surface area is 191 Å². The van der Waals surface area contributed by atoms with Crippen molar-refractivity contribution in [2.45, 2.75) is 76.6 Å². The first-order valence-electron chi connectivity index (χ1n) is 12.1. The van der Waals surface area contributed by atoms with Crippen molar-refractivity contribution in [3.05, 3.63) is 40.7 Å². The first kappa shape index (κ1) is 23.1. The zero-order valence-corrected chi connectivity index (χ0v) is 19.5. The lowest BCUT2D eigenvalue weighted by atomic mass is 9.94. The van der Waals surface area contributed by atoms with Crippen molar-refractivity contribution in [2.24, 2.45) is 0 Å². The fourth-order valence-electron chi connectivity index (χ4n) is 5.04. The van der Waals surface area contributed by atoms with Crippen LogP contribution in [0.2, 0.25) is 0 Å². The fraction of sp³-hybridized carbons (Fsp3) is 0.640. The van der Waals surface area contributed by atoms with Crippen LogP contribution in [-0.4, -0.2) is 59.7 Å². The Morgan fingerprint density at radius 2 is 2.00 bits per heavy atom. The van der Waals surface area contributed by atoms with Crippen molar-refractivity contribution in [3.63, 3.8) is 0 Å². The number of aryl methyl sites for hydroxylation is 1. The van der Waals surface area contributed by atoms with Crippen molar-refractivity contribution in [3.8, 4) is 11.5 Å². The van der Waals surface area contributed by atoms with E-state index in [4.69, 9.17) is 9.47 Å². The van der Waals surface area contributed by atoms with Crippen molar-refractivity contribution >= 4 is 0 Å². The molecule has 4 rings (SSSR count). The molecule has 1 saturated carbocycles. The Morgan fingerprint density at radius 3 is 2.81 bits per heavy atom. The highest BCUT2D eigenvalue weighted by Gasteiger charge is 2.21. The molecule has 1 aromatic heterocycles. The van der Waals surface area contributed by atoms with Gasteiger partial charge >= 0.3 is 0 Å². The van der Waals surface area contributed by atoms with Gasteiger partial charge in [-0.25, -0.2) is 0 Å². The minimum absolute atomic E-state index is 0.259. The van der Waals surface area contributed by atoms with Crippen LogP contribution in [0.4, 0.5) is 0 Å². The molecule has 0 amide bonds. The largest absolute Gasteiger partial charge is 0.493 e. The number of ether oxygens (including phenoxy) is 2. The number of hydrogen-bond donors (Lipinski definition) is 3. The molecule has 1 aromatic carbocycles. The summed E-state index contributed by atoms with van der Waals surface area (Å²) in [7, 11) is 3.76. The summed E-state index contributed by atoms with van der Waals surface area (Å²) in [6, 6.07) is 6.56. The zero-order valence-electron chi connectivity index (χ0n) is 19.5. The molecule has 3 N–H and O–H groups in total. The van der Waals surface area contributed by atoms with E-state index in [2.05, 4.69) is 27.5 Å². The highest BCUT2D eigenvalue weighted by Crippen LogP contribution is 2.29. The number of fused-ring (bicyclic) bond motifs is 1. The number of aromatic amines is 1. The Bertz CT molecular complexity index is 863. The van der Waals surface area contributed by atoms with Gasteiger partial charge in [-0.2, -0.15) is 5.10 Å². The Kier molecular flexibility index (Phi) is 8.05. The number of aliphatic hydroxyl groups is 1. The van der Waals surface area contributed by atoms with Crippen molar-refractivity contribution < 1.29 is 14.6 Å². The molecule has 0 aliphatic heterocycles. The minimum atomic E-state index is -0.524. The molecule has 1 fully saturated rings. The summed E-state index contributed by atoms with van der Waals surface area (Å²) in [6.45, 7) is 2.38. The fourth-order valence-corrected chi connectivity index (χ4v) is 5.04. The first-order valence-corrected chi connectivity index (χ1v) is 12.1. The van der Waals surface area contributed by atoms with E-state index in [0.29, 0.717) is 24.1 Å². The second kappa shape index (κ2) is 11.2. The standard InChI is InChI=1S/C25H38N4O3/c1-29(19-7-4-3-5-8-19)16-20(30)17-32-24-12-11-18(13-25(24)31-2)14-26-15-23-21-9-6-10-22(21)27-28-23/h11-13,19-20,26,30H,3-10,14-17H2,1-2H3,(H,27,28). The smallest absolute Gasteiger partial charge is 0.161 e. The number of likely N-dealkylation sites (N-methyl/N-ethyl adjacent to an activating group) is 1. The topological polar surface area (TPSA) is 82.6 Å². The lowest BCUT2D eigenvalue weighted by Crippen LogP contribution is -2.40. The molecular formula is C25H38N4O3. The van der Waals surface area contributed by atoms with E-state index in [0.717, 1.165) is 37.2 Å². The van der Waals surface area contributed by atoms with E-state index >= 15 is 0 Å². The molecule has 1 atom stereocenters. The van der Waals surface area contributed by atoms with Gasteiger partial charge in [0.25, 0.3) is 0 Å². The number of hydrogen-bond acceptors (Lipinski definition) is 6. The van der Waals surface area contributed by atoms with Gasteiger partial charge in [0.1, 0.15) is 12.7 Å². The van der Waals surface area contributed by atoms with Crippen LogP contribution in [0.25, 0.3) is 0 Å². The van der Waals surface area contributed by atoms with Crippen LogP contribution >= 0.6 is 0 Å². The van der Waals surface area contributed by atoms with Crippen LogP contribution in [0.3, 0.4) is 0 Å². The van der Waals surface area contributed by atoms with Gasteiger partial charge in [0.05, 0.1) is 12.8 Å². The maximum atomic E-state index is 10.5. The monoisotopic (exact) mass is 442 g/mol. The van der Waals surface area contributed by atoms with Gasteiger partial charge in [0, 0.05) is 31.4 Å². The number of H-pyrrole nitrogens is 1. The zero-order chi connectivity index (χ0) is 22.3. The van der Waals surface area contributed by atoms with E-state index in [1.165, 1.54) is 49.8 Å². The molecule has 1 unspecified atom stereocenters. The summed E-state index contributed by atoms with van der Waals surface area (Å²) >= 11 is 0. The third-order valence-corrected chi connectivity index (χ3v) is 6.87. The van der Waals surface area contributed by atoms with Gasteiger partial charge < -0.3 is 24.8 Å². The summed E-state index contributed by atoms with van der Waals surface area (Å²) in [5.74, 6) is 1.36. The van der Waals surface area contributed by atoms with Crippen LogP contribution in [0.15, 0.2) is 18.2 Å². The predicted octanol–water partition coefficient (Wildman–Crippen LogP) is 3.20. The third kappa shape index (κ3) is 5.82. The molecular weight excluding hydrogens is 404 g/mol. The molecule has 0 saturated heterocycles. The van der Waals surface area contributed by atoms with Crippen LogP contribution in [0.5, 0.6) is 11.5 Å². The predicted molar refractivity (Wildman–Crippen MR) is 125 cm³/mol. The van der Waals surface area contributed by atoms with Crippen molar-refractivity contribution in [1.82, 2.24) is 20.4 Å². The average molecular weight is 443 g/mol. The Balaban J connectivity index is 1.24. The average Bonchev–Trinajstić information content (AvgIpc) is 3.43. The maximum Gasteiger partial charge on any atom is 0.161 e. The quantitative estimate of drug-likeness (QED) is 0.496. The summed E-state index contributed by atoms with van der Waals surface area (Å²) in [4.78, 5) is 2.29. The van der Waals surface area contributed by atoms with Crippen molar-refractivity contribution in [1.29, 1.82) is 0 Å². The van der Waals surface area contributed by atoms with Gasteiger partial charge in [-0.3, -0.25) is 5.10 Å². The molecule has 176 valence electrons. The van der Waals surface area contributed by atoms with Crippen LogP contribution < -0.4 is 14.8 Å². The molecule has 2 aliphatic rings. The number of rotatable bonds is 11. The normalized spacial score (nSPS) is 17.5. The highest BCUT2D eigenvalue weighted by molar-refractivity contribution is 5.43. The van der Waals surface area contributed by atoms with E-state index in [1.807, 2.05) is 18.2 Å². The number of methoxy groups -OCH3 is 1. The second-order valence-electron chi connectivity index (χ2n) is 9.27. The summed E-state index contributed by atoms with van der Waals surface area (Å²) < 4.78 is 11.5. The van der Waals surface area contributed by atoms with E-state index in [1.54, 1.807) is 7.11 Å². The van der Waals surface area contributed by atoms with Crippen LogP contribution in [0.1, 0.15) is 61.0 Å². The SMILES string of the molecule is COc1cc(CNCc2n[nH]c3c2CCC3)ccc1OCC(O)CN(C)C1CCCCC1. The van der Waals surface area contributed by atoms with Gasteiger partial charge in [0.15, 0.2) is 11.5 Å². The highest BCUT2D eigenvalue weighted by atomic mass is 16.5. The molecule has 0 bridgehead atoms. The number of nitrogens with one attached hydrogen (secondary N) is 2. The second-order valence-corrected chi connectivity index (χ2v) is 9.27. The Morgan fingerprint density at radius 1 is 1.16 bits per heavy atom. The van der Waals surface area contributed by atoms with Crippen molar-refractivity contribution in [2.75, 3.05) is 27.3 Å². The van der Waals surface area contributed by atoms with E-state index in [-0.39, 0.29) is 6.61 Å². The number of benzene rings is 1. The molecule has 0 radical (unpaired) electrons. The first-order chi connectivity index (χ1) is 15.6. The molecule has 32 heavy (non-hydrogen) atoms. The summed E-state index contributed by atoms with van der Waals surface area (Å²) in [6.07, 6.45) is 9.34. The van der Waals surface area contributed by atoms with Gasteiger partial charge in [0.2, 0.25) is 0 Å². The van der Waals surface area contributed by atoms with Crippen LogP contribution in [0, 0.1) is 0 Å². The maximum absolute atomic E-state index is 10.5. The molecule has 7 nitrogen and oxygen atoms in total.